The van der Waals surface area contributed by atoms with Gasteiger partial charge >= 0.3 is 0 Å². The molecule has 2 rings (SSSR count). The van der Waals surface area contributed by atoms with Crippen molar-refractivity contribution in [3.8, 4) is 0 Å². The molecular weight excluding hydrogens is 345 g/mol. The van der Waals surface area contributed by atoms with E-state index in [1.54, 1.807) is 24.1 Å². The van der Waals surface area contributed by atoms with Crippen LogP contribution < -0.4 is 0 Å². The van der Waals surface area contributed by atoms with Gasteiger partial charge in [-0.05, 0) is 50.5 Å². The van der Waals surface area contributed by atoms with Gasteiger partial charge in [-0.15, -0.1) is 0 Å². The molecule has 0 radical (unpaired) electrons. The number of carbonyl (C=O) groups excluding carboxylic acids is 1. The molecule has 0 bridgehead atoms. The summed E-state index contributed by atoms with van der Waals surface area (Å²) >= 11 is 12.2. The highest BCUT2D eigenvalue weighted by atomic mass is 35.5. The summed E-state index contributed by atoms with van der Waals surface area (Å²) in [6, 6.07) is 5.25. The second-order valence-electron chi connectivity index (χ2n) is 6.12. The van der Waals surface area contributed by atoms with Gasteiger partial charge in [0.1, 0.15) is 0 Å². The Morgan fingerprint density at radius 3 is 2.54 bits per heavy atom. The zero-order valence-corrected chi connectivity index (χ0v) is 16.2. The second kappa shape index (κ2) is 7.58. The lowest BCUT2D eigenvalue weighted by Crippen LogP contribution is -2.30. The van der Waals surface area contributed by atoms with Gasteiger partial charge in [0.15, 0.2) is 0 Å². The van der Waals surface area contributed by atoms with E-state index >= 15 is 0 Å². The molecule has 6 heteroatoms. The molecule has 2 aromatic rings. The van der Waals surface area contributed by atoms with E-state index in [2.05, 4.69) is 5.10 Å². The molecule has 0 saturated carbocycles. The van der Waals surface area contributed by atoms with Crippen LogP contribution in [0.1, 0.15) is 41.9 Å². The minimum Gasteiger partial charge on any atom is -0.339 e. The lowest BCUT2D eigenvalue weighted by molar-refractivity contribution is -0.131. The fourth-order valence-corrected chi connectivity index (χ4v) is 3.42. The number of halogens is 2. The Bertz CT molecular complexity index is 755. The summed E-state index contributed by atoms with van der Waals surface area (Å²) in [7, 11) is 3.73. The fraction of sp³-hybridized carbons (Fsp3) is 0.444. The summed E-state index contributed by atoms with van der Waals surface area (Å²) in [5.74, 6) is 0.0798. The number of carbonyl (C=O) groups is 1. The maximum absolute atomic E-state index is 12.6. The maximum atomic E-state index is 12.6. The lowest BCUT2D eigenvalue weighted by atomic mass is 10.0. The van der Waals surface area contributed by atoms with Gasteiger partial charge in [-0.3, -0.25) is 9.48 Å². The van der Waals surface area contributed by atoms with Gasteiger partial charge in [-0.2, -0.15) is 5.10 Å². The van der Waals surface area contributed by atoms with Crippen molar-refractivity contribution in [2.24, 2.45) is 7.05 Å². The summed E-state index contributed by atoms with van der Waals surface area (Å²) in [6.45, 7) is 5.97. The van der Waals surface area contributed by atoms with Crippen molar-refractivity contribution in [2.45, 2.75) is 39.7 Å². The summed E-state index contributed by atoms with van der Waals surface area (Å²) in [5, 5.41) is 5.57. The van der Waals surface area contributed by atoms with Crippen molar-refractivity contribution in [2.75, 3.05) is 7.05 Å². The van der Waals surface area contributed by atoms with Gasteiger partial charge in [-0.1, -0.05) is 29.3 Å². The number of aryl methyl sites for hydroxylation is 2. The topological polar surface area (TPSA) is 38.1 Å². The first-order chi connectivity index (χ1) is 11.2. The Kier molecular flexibility index (Phi) is 5.94. The molecule has 1 amide bonds. The standard InChI is InChI=1S/C18H23Cl2N3O/c1-11-15(13(3)23(5)21-11)8-9-18(24)22(4)12(2)16-7-6-14(19)10-17(16)20/h6-7,10,12H,8-9H2,1-5H3. The molecule has 0 spiro atoms. The summed E-state index contributed by atoms with van der Waals surface area (Å²) in [4.78, 5) is 14.3. The predicted octanol–water partition coefficient (Wildman–Crippen LogP) is 4.50. The molecule has 1 heterocycles. The summed E-state index contributed by atoms with van der Waals surface area (Å²) in [5.41, 5.74) is 4.14. The van der Waals surface area contributed by atoms with Crippen LogP contribution in [0.15, 0.2) is 18.2 Å². The third-order valence-corrected chi connectivity index (χ3v) is 5.20. The van der Waals surface area contributed by atoms with E-state index in [0.717, 1.165) is 22.5 Å². The van der Waals surface area contributed by atoms with Crippen LogP contribution in [0.4, 0.5) is 0 Å². The molecule has 0 fully saturated rings. The normalized spacial score (nSPS) is 12.3. The third-order valence-electron chi connectivity index (χ3n) is 4.63. The van der Waals surface area contributed by atoms with Gasteiger partial charge in [0, 0.05) is 36.3 Å². The van der Waals surface area contributed by atoms with Crippen molar-refractivity contribution in [1.82, 2.24) is 14.7 Å². The Hall–Kier alpha value is -1.52. The molecule has 24 heavy (non-hydrogen) atoms. The van der Waals surface area contributed by atoms with E-state index < -0.39 is 0 Å². The molecular formula is C18H23Cl2N3O. The lowest BCUT2D eigenvalue weighted by Gasteiger charge is -2.26. The van der Waals surface area contributed by atoms with E-state index in [9.17, 15) is 4.79 Å². The average molecular weight is 368 g/mol. The predicted molar refractivity (Wildman–Crippen MR) is 98.7 cm³/mol. The molecule has 0 N–H and O–H groups in total. The first kappa shape index (κ1) is 18.8. The monoisotopic (exact) mass is 367 g/mol. The van der Waals surface area contributed by atoms with Crippen molar-refractivity contribution >= 4 is 29.1 Å². The zero-order valence-electron chi connectivity index (χ0n) is 14.7. The van der Waals surface area contributed by atoms with E-state index in [-0.39, 0.29) is 11.9 Å². The number of amides is 1. The van der Waals surface area contributed by atoms with Crippen molar-refractivity contribution < 1.29 is 4.79 Å². The van der Waals surface area contributed by atoms with Crippen LogP contribution in [0.2, 0.25) is 10.0 Å². The number of aromatic nitrogens is 2. The van der Waals surface area contributed by atoms with Crippen LogP contribution in [0.5, 0.6) is 0 Å². The van der Waals surface area contributed by atoms with E-state index in [1.807, 2.05) is 38.6 Å². The molecule has 1 aromatic heterocycles. The van der Waals surface area contributed by atoms with Gasteiger partial charge in [-0.25, -0.2) is 0 Å². The van der Waals surface area contributed by atoms with Gasteiger partial charge in [0.2, 0.25) is 5.91 Å². The molecule has 0 aliphatic heterocycles. The number of benzene rings is 1. The molecule has 0 aliphatic carbocycles. The molecule has 0 saturated heterocycles. The summed E-state index contributed by atoms with van der Waals surface area (Å²) in [6.07, 6.45) is 1.13. The minimum absolute atomic E-state index is 0.0798. The first-order valence-electron chi connectivity index (χ1n) is 7.92. The smallest absolute Gasteiger partial charge is 0.223 e. The molecule has 1 atom stereocenters. The van der Waals surface area contributed by atoms with Crippen LogP contribution in [-0.4, -0.2) is 27.6 Å². The Labute approximate surface area is 153 Å². The Morgan fingerprint density at radius 2 is 2.00 bits per heavy atom. The number of nitrogens with zero attached hydrogens (tertiary/aromatic N) is 3. The highest BCUT2D eigenvalue weighted by Gasteiger charge is 2.20. The SMILES string of the molecule is Cc1nn(C)c(C)c1CCC(=O)N(C)C(C)c1ccc(Cl)cc1Cl. The summed E-state index contributed by atoms with van der Waals surface area (Å²) < 4.78 is 1.86. The van der Waals surface area contributed by atoms with Crippen LogP contribution in [0, 0.1) is 13.8 Å². The molecule has 0 aliphatic rings. The van der Waals surface area contributed by atoms with E-state index in [1.165, 1.54) is 0 Å². The van der Waals surface area contributed by atoms with E-state index in [4.69, 9.17) is 23.2 Å². The van der Waals surface area contributed by atoms with E-state index in [0.29, 0.717) is 22.9 Å². The minimum atomic E-state index is -0.113. The average Bonchev–Trinajstić information content (AvgIpc) is 2.76. The van der Waals surface area contributed by atoms with Crippen LogP contribution in [0.25, 0.3) is 0 Å². The third kappa shape index (κ3) is 3.93. The number of hydrogen-bond donors (Lipinski definition) is 0. The first-order valence-corrected chi connectivity index (χ1v) is 8.67. The van der Waals surface area contributed by atoms with Crippen molar-refractivity contribution in [1.29, 1.82) is 0 Å². The molecule has 1 aromatic carbocycles. The molecule has 4 nitrogen and oxygen atoms in total. The molecule has 130 valence electrons. The van der Waals surface area contributed by atoms with Crippen LogP contribution in [0.3, 0.4) is 0 Å². The maximum Gasteiger partial charge on any atom is 0.223 e. The van der Waals surface area contributed by atoms with Gasteiger partial charge in [0.25, 0.3) is 0 Å². The largest absolute Gasteiger partial charge is 0.339 e. The highest BCUT2D eigenvalue weighted by Crippen LogP contribution is 2.29. The fourth-order valence-electron chi connectivity index (χ4n) is 2.85. The Morgan fingerprint density at radius 1 is 1.33 bits per heavy atom. The Balaban J connectivity index is 2.06. The van der Waals surface area contributed by atoms with Gasteiger partial charge < -0.3 is 4.90 Å². The number of rotatable bonds is 5. The second-order valence-corrected chi connectivity index (χ2v) is 6.96. The van der Waals surface area contributed by atoms with Crippen molar-refractivity contribution in [3.63, 3.8) is 0 Å². The van der Waals surface area contributed by atoms with Gasteiger partial charge in [0.05, 0.1) is 11.7 Å². The van der Waals surface area contributed by atoms with Crippen LogP contribution in [-0.2, 0) is 18.3 Å². The quantitative estimate of drug-likeness (QED) is 0.780. The zero-order chi connectivity index (χ0) is 18.0. The highest BCUT2D eigenvalue weighted by molar-refractivity contribution is 6.35. The number of hydrogen-bond acceptors (Lipinski definition) is 2. The van der Waals surface area contributed by atoms with Crippen molar-refractivity contribution in [3.05, 3.63) is 50.8 Å². The molecule has 1 unspecified atom stereocenters. The van der Waals surface area contributed by atoms with Crippen LogP contribution >= 0.6 is 23.2 Å².